The van der Waals surface area contributed by atoms with Gasteiger partial charge in [0.25, 0.3) is 0 Å². The third-order valence-electron chi connectivity index (χ3n) is 5.48. The second kappa shape index (κ2) is 9.80. The van der Waals surface area contributed by atoms with Gasteiger partial charge in [0.1, 0.15) is 5.76 Å². The van der Waals surface area contributed by atoms with Gasteiger partial charge in [-0.05, 0) is 50.2 Å². The third-order valence-corrected chi connectivity index (χ3v) is 5.48. The van der Waals surface area contributed by atoms with Gasteiger partial charge in [0.2, 0.25) is 0 Å². The Morgan fingerprint density at radius 2 is 2.16 bits per heavy atom. The van der Waals surface area contributed by atoms with Gasteiger partial charge in [-0.1, -0.05) is 6.92 Å². The molecular weight excluding hydrogens is 429 g/mol. The summed E-state index contributed by atoms with van der Waals surface area (Å²) in [7, 11) is 0. The molecule has 0 aromatic carbocycles. The molecule has 25 heavy (non-hydrogen) atoms. The topological polar surface area (TPSA) is 50.0 Å². The van der Waals surface area contributed by atoms with Crippen LogP contribution in [-0.4, -0.2) is 49.7 Å². The summed E-state index contributed by atoms with van der Waals surface area (Å²) in [6.45, 7) is 9.24. The van der Waals surface area contributed by atoms with E-state index < -0.39 is 0 Å². The highest BCUT2D eigenvalue weighted by molar-refractivity contribution is 14.0. The molecule has 0 radical (unpaired) electrons. The van der Waals surface area contributed by atoms with Crippen LogP contribution in [-0.2, 0) is 11.2 Å². The van der Waals surface area contributed by atoms with E-state index in [-0.39, 0.29) is 24.0 Å². The highest BCUT2D eigenvalue weighted by Gasteiger charge is 2.40. The fraction of sp³-hybridized carbons (Fsp3) is 0.737. The zero-order valence-electron chi connectivity index (χ0n) is 15.5. The number of guanidine groups is 1. The molecule has 1 atom stereocenters. The van der Waals surface area contributed by atoms with Gasteiger partial charge in [0, 0.05) is 45.3 Å². The van der Waals surface area contributed by atoms with Gasteiger partial charge in [-0.15, -0.1) is 24.0 Å². The van der Waals surface area contributed by atoms with Crippen LogP contribution >= 0.6 is 24.0 Å². The molecule has 1 spiro atoms. The van der Waals surface area contributed by atoms with Gasteiger partial charge in [0.15, 0.2) is 5.96 Å². The Bertz CT molecular complexity index is 527. The molecule has 5 nitrogen and oxygen atoms in total. The fourth-order valence-corrected chi connectivity index (χ4v) is 3.61. The quantitative estimate of drug-likeness (QED) is 0.413. The zero-order chi connectivity index (χ0) is 16.8. The molecule has 2 saturated heterocycles. The molecule has 3 heterocycles. The van der Waals surface area contributed by atoms with Crippen molar-refractivity contribution in [3.63, 3.8) is 0 Å². The van der Waals surface area contributed by atoms with Crippen molar-refractivity contribution in [2.24, 2.45) is 10.4 Å². The molecule has 2 aliphatic heterocycles. The van der Waals surface area contributed by atoms with Crippen LogP contribution in [0.2, 0.25) is 0 Å². The van der Waals surface area contributed by atoms with E-state index in [1.54, 1.807) is 6.26 Å². The van der Waals surface area contributed by atoms with E-state index in [4.69, 9.17) is 14.1 Å². The minimum absolute atomic E-state index is 0. The summed E-state index contributed by atoms with van der Waals surface area (Å²) in [4.78, 5) is 7.34. The predicted octanol–water partition coefficient (Wildman–Crippen LogP) is 3.69. The van der Waals surface area contributed by atoms with Gasteiger partial charge >= 0.3 is 0 Å². The van der Waals surface area contributed by atoms with E-state index >= 15 is 0 Å². The van der Waals surface area contributed by atoms with E-state index in [0.29, 0.717) is 11.5 Å². The van der Waals surface area contributed by atoms with Gasteiger partial charge in [-0.2, -0.15) is 0 Å². The Kier molecular flexibility index (Phi) is 8.06. The van der Waals surface area contributed by atoms with E-state index in [1.807, 2.05) is 12.1 Å². The molecule has 1 aromatic rings. The van der Waals surface area contributed by atoms with Crippen molar-refractivity contribution < 1.29 is 9.15 Å². The first-order valence-corrected chi connectivity index (χ1v) is 9.37. The monoisotopic (exact) mass is 461 g/mol. The van der Waals surface area contributed by atoms with E-state index in [1.165, 1.54) is 19.3 Å². The van der Waals surface area contributed by atoms with Crippen molar-refractivity contribution >= 4 is 29.9 Å². The van der Waals surface area contributed by atoms with Gasteiger partial charge < -0.3 is 19.4 Å². The summed E-state index contributed by atoms with van der Waals surface area (Å²) in [5.41, 5.74) is 0.442. The van der Waals surface area contributed by atoms with Crippen LogP contribution in [0.15, 0.2) is 27.8 Å². The van der Waals surface area contributed by atoms with E-state index in [2.05, 4.69) is 24.1 Å². The lowest BCUT2D eigenvalue weighted by atomic mass is 9.80. The lowest BCUT2D eigenvalue weighted by molar-refractivity contribution is 0.0217. The SMILES string of the molecule is CCC(C)NC(=NCCc1ccco1)N1CCC2(CCOCC2)C1.I. The van der Waals surface area contributed by atoms with Crippen molar-refractivity contribution in [2.75, 3.05) is 32.8 Å². The highest BCUT2D eigenvalue weighted by atomic mass is 127. The smallest absolute Gasteiger partial charge is 0.194 e. The molecule has 1 aromatic heterocycles. The lowest BCUT2D eigenvalue weighted by Gasteiger charge is -2.34. The molecule has 6 heteroatoms. The number of hydrogen-bond acceptors (Lipinski definition) is 3. The first kappa shape index (κ1) is 20.6. The number of nitrogens with one attached hydrogen (secondary N) is 1. The molecule has 0 bridgehead atoms. The molecule has 1 N–H and O–H groups in total. The second-order valence-electron chi connectivity index (χ2n) is 7.27. The van der Waals surface area contributed by atoms with Crippen LogP contribution in [0.4, 0.5) is 0 Å². The van der Waals surface area contributed by atoms with Crippen LogP contribution in [0.3, 0.4) is 0 Å². The summed E-state index contributed by atoms with van der Waals surface area (Å²) < 4.78 is 11.0. The van der Waals surface area contributed by atoms with E-state index in [0.717, 1.165) is 57.4 Å². The van der Waals surface area contributed by atoms with Crippen LogP contribution in [0.5, 0.6) is 0 Å². The van der Waals surface area contributed by atoms with E-state index in [9.17, 15) is 0 Å². The zero-order valence-corrected chi connectivity index (χ0v) is 17.8. The molecule has 142 valence electrons. The van der Waals surface area contributed by atoms with Crippen molar-refractivity contribution in [2.45, 2.75) is 52.0 Å². The predicted molar refractivity (Wildman–Crippen MR) is 112 cm³/mol. The molecule has 2 aliphatic rings. The number of aliphatic imine (C=N–C) groups is 1. The Balaban J connectivity index is 0.00000225. The van der Waals surface area contributed by atoms with Crippen LogP contribution in [0.1, 0.15) is 45.3 Å². The minimum Gasteiger partial charge on any atom is -0.469 e. The minimum atomic E-state index is 0. The maximum atomic E-state index is 5.57. The molecule has 0 amide bonds. The van der Waals surface area contributed by atoms with Crippen LogP contribution in [0.25, 0.3) is 0 Å². The first-order chi connectivity index (χ1) is 11.7. The Morgan fingerprint density at radius 1 is 1.36 bits per heavy atom. The molecule has 0 aliphatic carbocycles. The molecule has 3 rings (SSSR count). The van der Waals surface area contributed by atoms with Crippen molar-refractivity contribution in [1.29, 1.82) is 0 Å². The summed E-state index contributed by atoms with van der Waals surface area (Å²) >= 11 is 0. The number of nitrogens with zero attached hydrogens (tertiary/aromatic N) is 2. The van der Waals surface area contributed by atoms with Gasteiger partial charge in [-0.25, -0.2) is 0 Å². The number of likely N-dealkylation sites (tertiary alicyclic amines) is 1. The van der Waals surface area contributed by atoms with Crippen molar-refractivity contribution in [3.05, 3.63) is 24.2 Å². The summed E-state index contributed by atoms with van der Waals surface area (Å²) in [6.07, 6.45) is 7.32. The number of ether oxygens (including phenoxy) is 1. The first-order valence-electron chi connectivity index (χ1n) is 9.37. The molecule has 1 unspecified atom stereocenters. The number of furan rings is 1. The Labute approximate surface area is 168 Å². The van der Waals surface area contributed by atoms with Crippen molar-refractivity contribution in [1.82, 2.24) is 10.2 Å². The maximum Gasteiger partial charge on any atom is 0.194 e. The Morgan fingerprint density at radius 3 is 2.84 bits per heavy atom. The largest absolute Gasteiger partial charge is 0.469 e. The van der Waals surface area contributed by atoms with Crippen molar-refractivity contribution in [3.8, 4) is 0 Å². The lowest BCUT2D eigenvalue weighted by Crippen LogP contribution is -2.45. The second-order valence-corrected chi connectivity index (χ2v) is 7.27. The standard InChI is InChI=1S/C19H31N3O2.HI/c1-3-16(2)21-18(20-10-6-17-5-4-12-24-17)22-11-7-19(15-22)8-13-23-14-9-19;/h4-5,12,16H,3,6-11,13-15H2,1-2H3,(H,20,21);1H. The van der Waals surface area contributed by atoms with Crippen LogP contribution in [0, 0.1) is 5.41 Å². The maximum absolute atomic E-state index is 5.57. The fourth-order valence-electron chi connectivity index (χ4n) is 3.61. The normalized spacial score (nSPS) is 21.2. The van der Waals surface area contributed by atoms with Gasteiger partial charge in [0.05, 0.1) is 6.26 Å². The van der Waals surface area contributed by atoms with Crippen LogP contribution < -0.4 is 5.32 Å². The number of hydrogen-bond donors (Lipinski definition) is 1. The average Bonchev–Trinajstić information content (AvgIpc) is 3.25. The summed E-state index contributed by atoms with van der Waals surface area (Å²) in [5, 5.41) is 3.62. The summed E-state index contributed by atoms with van der Waals surface area (Å²) in [5.74, 6) is 2.07. The molecule has 0 saturated carbocycles. The van der Waals surface area contributed by atoms with Gasteiger partial charge in [-0.3, -0.25) is 4.99 Å². The molecule has 2 fully saturated rings. The number of rotatable bonds is 5. The highest BCUT2D eigenvalue weighted by Crippen LogP contribution is 2.39. The number of halogens is 1. The Hall–Kier alpha value is -0.760. The summed E-state index contributed by atoms with van der Waals surface area (Å²) in [6, 6.07) is 4.40. The molecular formula is C19H32IN3O2. The third kappa shape index (κ3) is 5.61. The average molecular weight is 461 g/mol.